The first kappa shape index (κ1) is 10.4. The number of aromatic amines is 1. The van der Waals surface area contributed by atoms with Gasteiger partial charge in [-0.2, -0.15) is 0 Å². The zero-order valence-electron chi connectivity index (χ0n) is 9.25. The number of fused-ring (bicyclic) bond motifs is 2. The third kappa shape index (κ3) is 1.61. The molecule has 1 aromatic heterocycles. The van der Waals surface area contributed by atoms with Crippen LogP contribution in [0.2, 0.25) is 5.02 Å². The van der Waals surface area contributed by atoms with E-state index < -0.39 is 0 Å². The number of aryl methyl sites for hydroxylation is 1. The highest BCUT2D eigenvalue weighted by molar-refractivity contribution is 6.31. The van der Waals surface area contributed by atoms with Crippen LogP contribution in [0.25, 0.3) is 21.8 Å². The van der Waals surface area contributed by atoms with E-state index in [4.69, 9.17) is 11.6 Å². The van der Waals surface area contributed by atoms with Gasteiger partial charge in [-0.25, -0.2) is 0 Å². The van der Waals surface area contributed by atoms with Gasteiger partial charge in [0.15, 0.2) is 5.43 Å². The highest BCUT2D eigenvalue weighted by Crippen LogP contribution is 2.19. The third-order valence-corrected chi connectivity index (χ3v) is 3.15. The van der Waals surface area contributed by atoms with E-state index in [1.54, 1.807) is 18.2 Å². The number of nitrogens with one attached hydrogen (secondary N) is 1. The van der Waals surface area contributed by atoms with Gasteiger partial charge in [-0.05, 0) is 37.3 Å². The summed E-state index contributed by atoms with van der Waals surface area (Å²) in [7, 11) is 0. The Morgan fingerprint density at radius 2 is 1.82 bits per heavy atom. The fourth-order valence-corrected chi connectivity index (χ4v) is 2.24. The van der Waals surface area contributed by atoms with E-state index in [9.17, 15) is 4.79 Å². The van der Waals surface area contributed by atoms with Crippen LogP contribution >= 0.6 is 11.6 Å². The molecule has 2 nitrogen and oxygen atoms in total. The average Bonchev–Trinajstić information content (AvgIpc) is 2.30. The first-order valence-electron chi connectivity index (χ1n) is 5.37. The molecule has 0 saturated heterocycles. The fraction of sp³-hybridized carbons (Fsp3) is 0.0714. The normalized spacial score (nSPS) is 11.2. The second kappa shape index (κ2) is 3.60. The predicted octanol–water partition coefficient (Wildman–Crippen LogP) is 3.64. The molecule has 84 valence electrons. The van der Waals surface area contributed by atoms with Crippen LogP contribution in [-0.2, 0) is 0 Å². The molecule has 0 aliphatic heterocycles. The number of H-pyrrole nitrogens is 1. The molecule has 0 radical (unpaired) electrons. The number of halogens is 1. The van der Waals surface area contributed by atoms with Crippen molar-refractivity contribution in [1.29, 1.82) is 0 Å². The Balaban J connectivity index is 2.57. The fourth-order valence-electron chi connectivity index (χ4n) is 2.06. The van der Waals surface area contributed by atoms with Gasteiger partial charge < -0.3 is 4.98 Å². The molecule has 0 saturated carbocycles. The maximum absolute atomic E-state index is 12.3. The summed E-state index contributed by atoms with van der Waals surface area (Å²) in [5.74, 6) is 0. The van der Waals surface area contributed by atoms with Gasteiger partial charge in [0.1, 0.15) is 0 Å². The van der Waals surface area contributed by atoms with Crippen LogP contribution < -0.4 is 5.43 Å². The standard InChI is InChI=1S/C14H10ClNO/c1-8-2-5-12-11(6-8)14(17)10-4-3-9(15)7-13(10)16-12/h2-7H,1H3,(H,16,17). The van der Waals surface area contributed by atoms with Crippen molar-refractivity contribution in [3.63, 3.8) is 0 Å². The largest absolute Gasteiger partial charge is 0.354 e. The zero-order valence-corrected chi connectivity index (χ0v) is 10.0. The van der Waals surface area contributed by atoms with Gasteiger partial charge in [-0.1, -0.05) is 23.2 Å². The van der Waals surface area contributed by atoms with Gasteiger partial charge in [0, 0.05) is 21.3 Å². The van der Waals surface area contributed by atoms with E-state index in [0.29, 0.717) is 10.4 Å². The molecule has 1 N–H and O–H groups in total. The first-order valence-corrected chi connectivity index (χ1v) is 5.75. The summed E-state index contributed by atoms with van der Waals surface area (Å²) in [6.07, 6.45) is 0. The molecular formula is C14H10ClNO. The van der Waals surface area contributed by atoms with Crippen LogP contribution in [0.4, 0.5) is 0 Å². The van der Waals surface area contributed by atoms with Crippen molar-refractivity contribution < 1.29 is 0 Å². The van der Waals surface area contributed by atoms with Crippen molar-refractivity contribution in [2.45, 2.75) is 6.92 Å². The van der Waals surface area contributed by atoms with Crippen molar-refractivity contribution in [3.05, 3.63) is 57.2 Å². The minimum atomic E-state index is 0.0501. The van der Waals surface area contributed by atoms with Crippen molar-refractivity contribution in [2.75, 3.05) is 0 Å². The van der Waals surface area contributed by atoms with Crippen LogP contribution in [0, 0.1) is 6.92 Å². The molecule has 0 atom stereocenters. The Morgan fingerprint density at radius 1 is 1.00 bits per heavy atom. The van der Waals surface area contributed by atoms with Crippen molar-refractivity contribution in [1.82, 2.24) is 4.98 Å². The molecule has 0 amide bonds. The number of hydrogen-bond acceptors (Lipinski definition) is 1. The van der Waals surface area contributed by atoms with Crippen LogP contribution in [0.5, 0.6) is 0 Å². The molecule has 0 bridgehead atoms. The molecule has 0 aliphatic rings. The van der Waals surface area contributed by atoms with E-state index in [1.165, 1.54) is 0 Å². The predicted molar refractivity (Wildman–Crippen MR) is 71.8 cm³/mol. The highest BCUT2D eigenvalue weighted by atomic mass is 35.5. The van der Waals surface area contributed by atoms with Gasteiger partial charge in [0.2, 0.25) is 0 Å². The van der Waals surface area contributed by atoms with Gasteiger partial charge in [-0.3, -0.25) is 4.79 Å². The Bertz CT molecular complexity index is 789. The van der Waals surface area contributed by atoms with Gasteiger partial charge in [-0.15, -0.1) is 0 Å². The lowest BCUT2D eigenvalue weighted by Gasteiger charge is -2.03. The molecule has 3 rings (SSSR count). The van der Waals surface area contributed by atoms with E-state index in [1.807, 2.05) is 25.1 Å². The number of hydrogen-bond donors (Lipinski definition) is 1. The summed E-state index contributed by atoms with van der Waals surface area (Å²) < 4.78 is 0. The molecular weight excluding hydrogens is 234 g/mol. The lowest BCUT2D eigenvalue weighted by molar-refractivity contribution is 1.44. The maximum Gasteiger partial charge on any atom is 0.197 e. The Kier molecular flexibility index (Phi) is 2.20. The lowest BCUT2D eigenvalue weighted by Crippen LogP contribution is -2.04. The molecule has 17 heavy (non-hydrogen) atoms. The number of aromatic nitrogens is 1. The molecule has 0 spiro atoms. The molecule has 2 aromatic carbocycles. The van der Waals surface area contributed by atoms with E-state index in [2.05, 4.69) is 4.98 Å². The SMILES string of the molecule is Cc1ccc2[nH]c3cc(Cl)ccc3c(=O)c2c1. The summed E-state index contributed by atoms with van der Waals surface area (Å²) in [5.41, 5.74) is 2.75. The van der Waals surface area contributed by atoms with Crippen molar-refractivity contribution in [3.8, 4) is 0 Å². The molecule has 0 aliphatic carbocycles. The highest BCUT2D eigenvalue weighted by Gasteiger charge is 2.05. The van der Waals surface area contributed by atoms with Crippen LogP contribution in [0.15, 0.2) is 41.2 Å². The second-order valence-electron chi connectivity index (χ2n) is 4.19. The van der Waals surface area contributed by atoms with E-state index in [0.717, 1.165) is 22.0 Å². The second-order valence-corrected chi connectivity index (χ2v) is 4.63. The monoisotopic (exact) mass is 243 g/mol. The number of pyridine rings is 1. The quantitative estimate of drug-likeness (QED) is 0.601. The maximum atomic E-state index is 12.3. The Labute approximate surface area is 103 Å². The van der Waals surface area contributed by atoms with Crippen molar-refractivity contribution in [2.24, 2.45) is 0 Å². The molecule has 3 heteroatoms. The smallest absolute Gasteiger partial charge is 0.197 e. The van der Waals surface area contributed by atoms with Crippen LogP contribution in [0.3, 0.4) is 0 Å². The van der Waals surface area contributed by atoms with Crippen molar-refractivity contribution >= 4 is 33.4 Å². The van der Waals surface area contributed by atoms with E-state index >= 15 is 0 Å². The van der Waals surface area contributed by atoms with Crippen LogP contribution in [-0.4, -0.2) is 4.98 Å². The topological polar surface area (TPSA) is 32.9 Å². The molecule has 1 heterocycles. The number of benzene rings is 2. The summed E-state index contributed by atoms with van der Waals surface area (Å²) in [5, 5.41) is 2.02. The lowest BCUT2D eigenvalue weighted by atomic mass is 10.1. The Morgan fingerprint density at radius 3 is 2.65 bits per heavy atom. The first-order chi connectivity index (χ1) is 8.15. The van der Waals surface area contributed by atoms with Gasteiger partial charge in [0.05, 0.1) is 5.52 Å². The minimum absolute atomic E-state index is 0.0501. The third-order valence-electron chi connectivity index (χ3n) is 2.92. The average molecular weight is 244 g/mol. The minimum Gasteiger partial charge on any atom is -0.354 e. The zero-order chi connectivity index (χ0) is 12.0. The molecule has 0 fully saturated rings. The van der Waals surface area contributed by atoms with E-state index in [-0.39, 0.29) is 5.43 Å². The summed E-state index contributed by atoms with van der Waals surface area (Å²) >= 11 is 5.93. The Hall–Kier alpha value is -1.80. The molecule has 3 aromatic rings. The summed E-state index contributed by atoms with van der Waals surface area (Å²) in [4.78, 5) is 15.5. The summed E-state index contributed by atoms with van der Waals surface area (Å²) in [6, 6.07) is 11.1. The summed E-state index contributed by atoms with van der Waals surface area (Å²) in [6.45, 7) is 1.98. The molecule has 0 unspecified atom stereocenters. The number of rotatable bonds is 0. The van der Waals surface area contributed by atoms with Gasteiger partial charge >= 0.3 is 0 Å². The van der Waals surface area contributed by atoms with Crippen LogP contribution in [0.1, 0.15) is 5.56 Å². The van der Waals surface area contributed by atoms with Gasteiger partial charge in [0.25, 0.3) is 0 Å².